The van der Waals surface area contributed by atoms with Gasteiger partial charge in [0.2, 0.25) is 0 Å². The third-order valence-corrected chi connectivity index (χ3v) is 8.56. The Hall–Kier alpha value is -0.240. The van der Waals surface area contributed by atoms with E-state index in [0.29, 0.717) is 4.48 Å². The summed E-state index contributed by atoms with van der Waals surface area (Å²) in [5, 5.41) is 0. The van der Waals surface area contributed by atoms with Gasteiger partial charge in [0.15, 0.2) is 0 Å². The molecule has 0 aliphatic heterocycles. The minimum atomic E-state index is -2.36. The Morgan fingerprint density at radius 1 is 0.588 bits per heavy atom. The zero-order chi connectivity index (χ0) is 25.3. The van der Waals surface area contributed by atoms with Gasteiger partial charge in [-0.15, -0.1) is 0 Å². The molecule has 0 aliphatic carbocycles. The van der Waals surface area contributed by atoms with Crippen molar-refractivity contribution in [1.82, 2.24) is 0 Å². The zero-order valence-electron chi connectivity index (χ0n) is 23.7. The molecule has 0 saturated carbocycles. The average molecular weight is 499 g/mol. The molecule has 0 rings (SSSR count). The van der Waals surface area contributed by atoms with Gasteiger partial charge in [-0.05, 0) is 19.3 Å². The molecule has 0 fully saturated rings. The Morgan fingerprint density at radius 2 is 0.912 bits per heavy atom. The van der Waals surface area contributed by atoms with Crippen LogP contribution >= 0.6 is 8.03 Å². The fourth-order valence-corrected chi connectivity index (χ4v) is 5.70. The van der Waals surface area contributed by atoms with Gasteiger partial charge in [0, 0.05) is 0 Å². The van der Waals surface area contributed by atoms with E-state index < -0.39 is 8.03 Å². The minimum absolute atomic E-state index is 0.278. The van der Waals surface area contributed by atoms with Crippen LogP contribution in [-0.4, -0.2) is 31.4 Å². The monoisotopic (exact) mass is 498 g/mol. The van der Waals surface area contributed by atoms with Crippen molar-refractivity contribution in [1.29, 1.82) is 0 Å². The number of rotatable bonds is 26. The number of quaternary nitrogens is 1. The highest BCUT2D eigenvalue weighted by Crippen LogP contribution is 2.28. The standard InChI is InChI=1S/C30H61NO2P/c1-5-6-7-8-9-10-11-12-13-14-15-16-17-18-19-20-21-22-23-24-25-26-27-28-29-30(34(32)33)31(2,3)4/h26-27,30H,5-25,28-29H2,1-4H3/q+1/b27-26-. The number of allylic oxidation sites excluding steroid dienone is 2. The van der Waals surface area contributed by atoms with Crippen LogP contribution < -0.4 is 4.89 Å². The molecule has 0 amide bonds. The largest absolute Gasteiger partial charge is 0.591 e. The van der Waals surface area contributed by atoms with Crippen molar-refractivity contribution in [3.8, 4) is 0 Å². The molecule has 0 saturated heterocycles. The molecular formula is C30H61NO2P+. The summed E-state index contributed by atoms with van der Waals surface area (Å²) >= 11 is 0. The van der Waals surface area contributed by atoms with Gasteiger partial charge in [0.25, 0.3) is 5.78 Å². The molecule has 2 atom stereocenters. The fraction of sp³-hybridized carbons (Fsp3) is 0.933. The molecule has 0 aliphatic rings. The first-order valence-corrected chi connectivity index (χ1v) is 16.2. The average Bonchev–Trinajstić information content (AvgIpc) is 2.78. The van der Waals surface area contributed by atoms with Crippen LogP contribution in [0.4, 0.5) is 0 Å². The second-order valence-corrected chi connectivity index (χ2v) is 12.6. The van der Waals surface area contributed by atoms with E-state index in [1.54, 1.807) is 0 Å². The third-order valence-electron chi connectivity index (χ3n) is 7.12. The molecule has 0 radical (unpaired) electrons. The highest BCUT2D eigenvalue weighted by Gasteiger charge is 2.34. The van der Waals surface area contributed by atoms with Gasteiger partial charge in [0.1, 0.15) is 0 Å². The van der Waals surface area contributed by atoms with E-state index in [1.807, 2.05) is 21.1 Å². The molecule has 0 aromatic heterocycles. The summed E-state index contributed by atoms with van der Waals surface area (Å²) < 4.78 is 11.9. The Balaban J connectivity index is 3.27. The Bertz CT molecular complexity index is 473. The highest BCUT2D eigenvalue weighted by atomic mass is 31.1. The van der Waals surface area contributed by atoms with E-state index in [1.165, 1.54) is 128 Å². The van der Waals surface area contributed by atoms with E-state index in [0.717, 1.165) is 19.3 Å². The first-order valence-electron chi connectivity index (χ1n) is 15.0. The van der Waals surface area contributed by atoms with Crippen LogP contribution in [0.15, 0.2) is 12.2 Å². The number of hydrogen-bond acceptors (Lipinski definition) is 2. The quantitative estimate of drug-likeness (QED) is 0.0515. The molecule has 0 bridgehead atoms. The maximum atomic E-state index is 11.4. The topological polar surface area (TPSA) is 40.1 Å². The van der Waals surface area contributed by atoms with Crippen molar-refractivity contribution >= 4 is 8.03 Å². The molecule has 0 heterocycles. The van der Waals surface area contributed by atoms with E-state index in [-0.39, 0.29) is 5.78 Å². The summed E-state index contributed by atoms with van der Waals surface area (Å²) in [5.74, 6) is -0.278. The van der Waals surface area contributed by atoms with Crippen LogP contribution in [0.25, 0.3) is 0 Å². The van der Waals surface area contributed by atoms with Gasteiger partial charge in [-0.1, -0.05) is 146 Å². The molecule has 4 heteroatoms. The van der Waals surface area contributed by atoms with Crippen molar-refractivity contribution < 1.29 is 13.9 Å². The SMILES string of the molecule is CCCCCCCCCCCCCCCCCCCCCC/C=C\CCC([P+](=O)[O-])[N+](C)(C)C. The Kier molecular flexibility index (Phi) is 24.3. The molecule has 202 valence electrons. The fourth-order valence-electron chi connectivity index (χ4n) is 4.77. The molecule has 0 N–H and O–H groups in total. The lowest BCUT2D eigenvalue weighted by molar-refractivity contribution is -0.883. The maximum Gasteiger partial charge on any atom is 0.373 e. The van der Waals surface area contributed by atoms with Crippen LogP contribution in [0.2, 0.25) is 0 Å². The molecule has 0 spiro atoms. The van der Waals surface area contributed by atoms with Gasteiger partial charge in [-0.3, -0.25) is 4.48 Å². The third kappa shape index (κ3) is 23.5. The molecule has 34 heavy (non-hydrogen) atoms. The lowest BCUT2D eigenvalue weighted by atomic mass is 10.0. The zero-order valence-corrected chi connectivity index (χ0v) is 24.6. The summed E-state index contributed by atoms with van der Waals surface area (Å²) in [6.45, 7) is 2.29. The van der Waals surface area contributed by atoms with Crippen molar-refractivity contribution in [3.05, 3.63) is 12.2 Å². The first-order chi connectivity index (χ1) is 16.4. The van der Waals surface area contributed by atoms with Gasteiger partial charge >= 0.3 is 8.03 Å². The summed E-state index contributed by atoms with van der Waals surface area (Å²) in [6, 6.07) is 0. The normalized spacial score (nSPS) is 13.6. The molecule has 0 aromatic carbocycles. The summed E-state index contributed by atoms with van der Waals surface area (Å²) in [4.78, 5) is 11.4. The lowest BCUT2D eigenvalue weighted by Crippen LogP contribution is -2.44. The molecule has 0 aromatic rings. The van der Waals surface area contributed by atoms with Crippen LogP contribution in [0.5, 0.6) is 0 Å². The number of nitrogens with zero attached hydrogens (tertiary/aromatic N) is 1. The predicted molar refractivity (Wildman–Crippen MR) is 150 cm³/mol. The summed E-state index contributed by atoms with van der Waals surface area (Å²) in [7, 11) is 3.51. The highest BCUT2D eigenvalue weighted by molar-refractivity contribution is 7.37. The Labute approximate surface area is 215 Å². The molecule has 2 unspecified atom stereocenters. The van der Waals surface area contributed by atoms with Gasteiger partial charge in [-0.25, -0.2) is 0 Å². The van der Waals surface area contributed by atoms with Crippen LogP contribution in [0, 0.1) is 0 Å². The molecule has 3 nitrogen and oxygen atoms in total. The van der Waals surface area contributed by atoms with E-state index in [9.17, 15) is 9.46 Å². The van der Waals surface area contributed by atoms with Crippen LogP contribution in [0.1, 0.15) is 155 Å². The van der Waals surface area contributed by atoms with Crippen LogP contribution in [0.3, 0.4) is 0 Å². The van der Waals surface area contributed by atoms with Gasteiger partial charge < -0.3 is 4.89 Å². The summed E-state index contributed by atoms with van der Waals surface area (Å²) in [6.07, 6.45) is 35.6. The minimum Gasteiger partial charge on any atom is -0.591 e. The smallest absolute Gasteiger partial charge is 0.373 e. The molecular weight excluding hydrogens is 437 g/mol. The number of hydrogen-bond donors (Lipinski definition) is 0. The maximum absolute atomic E-state index is 11.4. The van der Waals surface area contributed by atoms with Gasteiger partial charge in [-0.2, -0.15) is 0 Å². The van der Waals surface area contributed by atoms with Crippen molar-refractivity contribution in [2.24, 2.45) is 0 Å². The van der Waals surface area contributed by atoms with Crippen molar-refractivity contribution in [2.45, 2.75) is 160 Å². The second kappa shape index (κ2) is 24.5. The van der Waals surface area contributed by atoms with Gasteiger partial charge in [0.05, 0.1) is 27.6 Å². The van der Waals surface area contributed by atoms with E-state index >= 15 is 0 Å². The van der Waals surface area contributed by atoms with E-state index in [2.05, 4.69) is 19.1 Å². The van der Waals surface area contributed by atoms with E-state index in [4.69, 9.17) is 0 Å². The van der Waals surface area contributed by atoms with Crippen LogP contribution in [-0.2, 0) is 4.57 Å². The summed E-state index contributed by atoms with van der Waals surface area (Å²) in [5.41, 5.74) is 0. The second-order valence-electron chi connectivity index (χ2n) is 11.4. The Morgan fingerprint density at radius 3 is 1.24 bits per heavy atom. The van der Waals surface area contributed by atoms with Crippen molar-refractivity contribution in [3.63, 3.8) is 0 Å². The first kappa shape index (κ1) is 33.8. The number of unbranched alkanes of at least 4 members (excludes halogenated alkanes) is 20. The predicted octanol–water partition coefficient (Wildman–Crippen LogP) is 9.67. The lowest BCUT2D eigenvalue weighted by Gasteiger charge is -2.27. The van der Waals surface area contributed by atoms with Crippen molar-refractivity contribution in [2.75, 3.05) is 21.1 Å².